The van der Waals surface area contributed by atoms with E-state index in [1.54, 1.807) is 11.8 Å². The molecule has 0 saturated carbocycles. The number of rotatable bonds is 4. The van der Waals surface area contributed by atoms with Crippen molar-refractivity contribution in [3.63, 3.8) is 0 Å². The Labute approximate surface area is 115 Å². The SMILES string of the molecule is NNc1ccc(CSc2cc3ccccc3[nH]2)cn1. The van der Waals surface area contributed by atoms with Gasteiger partial charge in [-0.3, -0.25) is 0 Å². The largest absolute Gasteiger partial charge is 0.350 e. The lowest BCUT2D eigenvalue weighted by atomic mass is 10.3. The van der Waals surface area contributed by atoms with Crippen LogP contribution in [-0.4, -0.2) is 9.97 Å². The molecule has 0 saturated heterocycles. The lowest BCUT2D eigenvalue weighted by molar-refractivity contribution is 1.19. The van der Waals surface area contributed by atoms with Crippen LogP contribution in [0.3, 0.4) is 0 Å². The minimum atomic E-state index is 0.680. The summed E-state index contributed by atoms with van der Waals surface area (Å²) >= 11 is 1.77. The van der Waals surface area contributed by atoms with Gasteiger partial charge in [-0.05, 0) is 23.8 Å². The van der Waals surface area contributed by atoms with E-state index in [4.69, 9.17) is 5.84 Å². The average Bonchev–Trinajstić information content (AvgIpc) is 2.88. The minimum Gasteiger partial charge on any atom is -0.350 e. The van der Waals surface area contributed by atoms with Crippen molar-refractivity contribution in [2.45, 2.75) is 10.8 Å². The zero-order chi connectivity index (χ0) is 13.1. The van der Waals surface area contributed by atoms with Crippen molar-refractivity contribution in [3.8, 4) is 0 Å². The minimum absolute atomic E-state index is 0.680. The molecule has 0 atom stereocenters. The van der Waals surface area contributed by atoms with E-state index in [1.165, 1.54) is 21.5 Å². The van der Waals surface area contributed by atoms with Crippen molar-refractivity contribution in [2.75, 3.05) is 5.43 Å². The van der Waals surface area contributed by atoms with Gasteiger partial charge in [0.25, 0.3) is 0 Å². The fourth-order valence-corrected chi connectivity index (χ4v) is 2.77. The van der Waals surface area contributed by atoms with E-state index < -0.39 is 0 Å². The molecule has 0 aliphatic rings. The summed E-state index contributed by atoms with van der Waals surface area (Å²) in [5.74, 6) is 6.84. The summed E-state index contributed by atoms with van der Waals surface area (Å²) in [5.41, 5.74) is 4.86. The smallest absolute Gasteiger partial charge is 0.139 e. The van der Waals surface area contributed by atoms with Gasteiger partial charge in [0.2, 0.25) is 0 Å². The maximum absolute atomic E-state index is 5.29. The predicted octanol–water partition coefficient (Wildman–Crippen LogP) is 3.14. The van der Waals surface area contributed by atoms with Crippen LogP contribution in [0.25, 0.3) is 10.9 Å². The van der Waals surface area contributed by atoms with Crippen LogP contribution in [-0.2, 0) is 5.75 Å². The van der Waals surface area contributed by atoms with Gasteiger partial charge in [-0.25, -0.2) is 10.8 Å². The summed E-state index contributed by atoms with van der Waals surface area (Å²) < 4.78 is 0. The number of nitrogen functional groups attached to an aromatic ring is 1. The first-order chi connectivity index (χ1) is 9.35. The summed E-state index contributed by atoms with van der Waals surface area (Å²) in [6.45, 7) is 0. The van der Waals surface area contributed by atoms with Crippen molar-refractivity contribution < 1.29 is 0 Å². The predicted molar refractivity (Wildman–Crippen MR) is 79.9 cm³/mol. The van der Waals surface area contributed by atoms with Gasteiger partial charge in [-0.1, -0.05) is 24.3 Å². The van der Waals surface area contributed by atoms with E-state index in [-0.39, 0.29) is 0 Å². The molecule has 4 N–H and O–H groups in total. The number of para-hydroxylation sites is 1. The van der Waals surface area contributed by atoms with Crippen LogP contribution in [0.2, 0.25) is 0 Å². The summed E-state index contributed by atoms with van der Waals surface area (Å²) in [4.78, 5) is 7.59. The van der Waals surface area contributed by atoms with Crippen LogP contribution >= 0.6 is 11.8 Å². The highest BCUT2D eigenvalue weighted by atomic mass is 32.2. The standard InChI is InChI=1S/C14H14N4S/c15-18-13-6-5-10(8-16-13)9-19-14-7-11-3-1-2-4-12(11)17-14/h1-8,17H,9,15H2,(H,16,18). The Morgan fingerprint density at radius 1 is 1.21 bits per heavy atom. The van der Waals surface area contributed by atoms with Crippen molar-refractivity contribution in [1.29, 1.82) is 0 Å². The van der Waals surface area contributed by atoms with Gasteiger partial charge < -0.3 is 10.4 Å². The van der Waals surface area contributed by atoms with E-state index in [0.717, 1.165) is 5.75 Å². The Kier molecular flexibility index (Phi) is 3.39. The van der Waals surface area contributed by atoms with E-state index in [2.05, 4.69) is 33.6 Å². The van der Waals surface area contributed by atoms with Crippen LogP contribution in [0.5, 0.6) is 0 Å². The van der Waals surface area contributed by atoms with Gasteiger partial charge in [-0.2, -0.15) is 0 Å². The lowest BCUT2D eigenvalue weighted by Crippen LogP contribution is -2.08. The summed E-state index contributed by atoms with van der Waals surface area (Å²) in [6.07, 6.45) is 1.84. The molecule has 1 aromatic carbocycles. The van der Waals surface area contributed by atoms with Crippen LogP contribution < -0.4 is 11.3 Å². The quantitative estimate of drug-likeness (QED) is 0.387. The van der Waals surface area contributed by atoms with Gasteiger partial charge in [0.1, 0.15) is 5.82 Å². The first kappa shape index (κ1) is 12.1. The van der Waals surface area contributed by atoms with Crippen LogP contribution in [0.15, 0.2) is 53.7 Å². The van der Waals surface area contributed by atoms with E-state index in [9.17, 15) is 0 Å². The first-order valence-corrected chi connectivity index (χ1v) is 6.96. The van der Waals surface area contributed by atoms with Gasteiger partial charge in [0.15, 0.2) is 0 Å². The van der Waals surface area contributed by atoms with Gasteiger partial charge in [0, 0.05) is 22.9 Å². The third kappa shape index (κ3) is 2.72. The molecule has 96 valence electrons. The molecule has 0 aliphatic carbocycles. The number of nitrogens with zero attached hydrogens (tertiary/aromatic N) is 1. The monoisotopic (exact) mass is 270 g/mol. The van der Waals surface area contributed by atoms with Crippen molar-refractivity contribution in [2.24, 2.45) is 5.84 Å². The molecule has 0 unspecified atom stereocenters. The van der Waals surface area contributed by atoms with Crippen LogP contribution in [0.4, 0.5) is 5.82 Å². The normalized spacial score (nSPS) is 10.8. The number of H-pyrrole nitrogens is 1. The molecule has 3 aromatic rings. The highest BCUT2D eigenvalue weighted by Gasteiger charge is 2.01. The van der Waals surface area contributed by atoms with Gasteiger partial charge >= 0.3 is 0 Å². The van der Waals surface area contributed by atoms with Crippen molar-refractivity contribution in [1.82, 2.24) is 9.97 Å². The first-order valence-electron chi connectivity index (χ1n) is 5.97. The molecule has 0 amide bonds. The number of hydrogen-bond acceptors (Lipinski definition) is 4. The number of anilines is 1. The number of thioether (sulfide) groups is 1. The maximum Gasteiger partial charge on any atom is 0.139 e. The fraction of sp³-hybridized carbons (Fsp3) is 0.0714. The van der Waals surface area contributed by atoms with E-state index >= 15 is 0 Å². The average molecular weight is 270 g/mol. The molecule has 0 fully saturated rings. The zero-order valence-electron chi connectivity index (χ0n) is 10.3. The molecule has 2 aromatic heterocycles. The number of fused-ring (bicyclic) bond motifs is 1. The third-order valence-corrected chi connectivity index (χ3v) is 3.88. The molecule has 0 bridgehead atoms. The Bertz CT molecular complexity index is 642. The van der Waals surface area contributed by atoms with Gasteiger partial charge in [0.05, 0.1) is 5.03 Å². The molecular formula is C14H14N4S. The Balaban J connectivity index is 1.70. The number of aromatic amines is 1. The lowest BCUT2D eigenvalue weighted by Gasteiger charge is -2.01. The second kappa shape index (κ2) is 5.34. The number of nitrogens with one attached hydrogen (secondary N) is 2. The zero-order valence-corrected chi connectivity index (χ0v) is 11.1. The number of nitrogens with two attached hydrogens (primary N) is 1. The molecule has 2 heterocycles. The summed E-state index contributed by atoms with van der Waals surface area (Å²) in [6, 6.07) is 14.4. The van der Waals surface area contributed by atoms with Crippen molar-refractivity contribution in [3.05, 3.63) is 54.2 Å². The highest BCUT2D eigenvalue weighted by molar-refractivity contribution is 7.98. The number of benzene rings is 1. The second-order valence-corrected chi connectivity index (χ2v) is 5.22. The molecular weight excluding hydrogens is 256 g/mol. The molecule has 19 heavy (non-hydrogen) atoms. The molecule has 0 aliphatic heterocycles. The fourth-order valence-electron chi connectivity index (χ4n) is 1.88. The highest BCUT2D eigenvalue weighted by Crippen LogP contribution is 2.25. The van der Waals surface area contributed by atoms with Crippen molar-refractivity contribution >= 4 is 28.5 Å². The summed E-state index contributed by atoms with van der Waals surface area (Å²) in [5, 5.41) is 2.41. The molecule has 3 rings (SSSR count). The number of hydrazine groups is 1. The number of aromatic nitrogens is 2. The second-order valence-electron chi connectivity index (χ2n) is 4.21. The molecule has 4 nitrogen and oxygen atoms in total. The number of hydrogen-bond donors (Lipinski definition) is 3. The Morgan fingerprint density at radius 3 is 2.84 bits per heavy atom. The topological polar surface area (TPSA) is 66.7 Å². The number of pyridine rings is 1. The maximum atomic E-state index is 5.29. The van der Waals surface area contributed by atoms with Crippen LogP contribution in [0.1, 0.15) is 5.56 Å². The van der Waals surface area contributed by atoms with E-state index in [0.29, 0.717) is 5.82 Å². The Hall–Kier alpha value is -1.98. The van der Waals surface area contributed by atoms with E-state index in [1.807, 2.05) is 30.5 Å². The van der Waals surface area contributed by atoms with Gasteiger partial charge in [-0.15, -0.1) is 11.8 Å². The Morgan fingerprint density at radius 2 is 2.11 bits per heavy atom. The molecule has 0 spiro atoms. The summed E-state index contributed by atoms with van der Waals surface area (Å²) in [7, 11) is 0. The molecule has 5 heteroatoms. The van der Waals surface area contributed by atoms with Crippen LogP contribution in [0, 0.1) is 0 Å². The molecule has 0 radical (unpaired) electrons. The third-order valence-electron chi connectivity index (χ3n) is 2.87.